The average Bonchev–Trinajstić information content (AvgIpc) is 2.79. The van der Waals surface area contributed by atoms with E-state index in [1.807, 2.05) is 35.6 Å². The molecular weight excluding hydrogens is 433 g/mol. The summed E-state index contributed by atoms with van der Waals surface area (Å²) in [6.07, 6.45) is 0. The van der Waals surface area contributed by atoms with Gasteiger partial charge in [0.1, 0.15) is 6.54 Å². The summed E-state index contributed by atoms with van der Waals surface area (Å²) in [5.41, 5.74) is 0.254. The fraction of sp³-hybridized carbons (Fsp3) is 0.200. The summed E-state index contributed by atoms with van der Waals surface area (Å²) in [4.78, 5) is 46.5. The standard InChI is InChI=1S/C20H19F3N4O5/c21-13-6-7-14(19(23)18(13)22)27-15(28)9-24-16(29)11-32-17(30)10-26-20(31)25-8-12-4-2-1-3-5-12/h1-7H,8-11H2,(H,24,29)(H,27,28)(H2,25,26,31). The second-order valence-electron chi connectivity index (χ2n) is 6.23. The van der Waals surface area contributed by atoms with E-state index in [9.17, 15) is 32.3 Å². The topological polar surface area (TPSA) is 126 Å². The van der Waals surface area contributed by atoms with Crippen LogP contribution >= 0.6 is 0 Å². The average molecular weight is 452 g/mol. The monoisotopic (exact) mass is 452 g/mol. The van der Waals surface area contributed by atoms with Gasteiger partial charge in [0, 0.05) is 6.54 Å². The molecule has 12 heteroatoms. The molecule has 0 unspecified atom stereocenters. The maximum Gasteiger partial charge on any atom is 0.325 e. The molecule has 2 aromatic rings. The smallest absolute Gasteiger partial charge is 0.325 e. The van der Waals surface area contributed by atoms with Crippen LogP contribution in [0.15, 0.2) is 42.5 Å². The number of urea groups is 1. The Morgan fingerprint density at radius 1 is 0.781 bits per heavy atom. The van der Waals surface area contributed by atoms with Crippen LogP contribution in [0, 0.1) is 17.5 Å². The lowest BCUT2D eigenvalue weighted by Gasteiger charge is -2.09. The van der Waals surface area contributed by atoms with Crippen molar-refractivity contribution < 1.29 is 37.1 Å². The van der Waals surface area contributed by atoms with E-state index in [2.05, 4.69) is 20.7 Å². The van der Waals surface area contributed by atoms with E-state index < -0.39 is 66.7 Å². The van der Waals surface area contributed by atoms with Crippen molar-refractivity contribution in [3.8, 4) is 0 Å². The van der Waals surface area contributed by atoms with Gasteiger partial charge in [-0.3, -0.25) is 14.4 Å². The number of esters is 1. The van der Waals surface area contributed by atoms with Crippen LogP contribution in [0.1, 0.15) is 5.56 Å². The third-order valence-corrected chi connectivity index (χ3v) is 3.81. The van der Waals surface area contributed by atoms with Crippen LogP contribution in [0.2, 0.25) is 0 Å². The molecule has 0 fully saturated rings. The van der Waals surface area contributed by atoms with Crippen LogP contribution in [0.4, 0.5) is 23.7 Å². The second-order valence-corrected chi connectivity index (χ2v) is 6.23. The predicted octanol–water partition coefficient (Wildman–Crippen LogP) is 1.20. The fourth-order valence-electron chi connectivity index (χ4n) is 2.24. The minimum Gasteiger partial charge on any atom is -0.454 e. The molecule has 0 aliphatic carbocycles. The minimum atomic E-state index is -1.75. The first-order valence-electron chi connectivity index (χ1n) is 9.17. The number of hydrogen-bond acceptors (Lipinski definition) is 5. The highest BCUT2D eigenvalue weighted by molar-refractivity contribution is 5.95. The van der Waals surface area contributed by atoms with Crippen molar-refractivity contribution >= 4 is 29.5 Å². The molecular formula is C20H19F3N4O5. The minimum absolute atomic E-state index is 0.251. The Bertz CT molecular complexity index is 989. The summed E-state index contributed by atoms with van der Waals surface area (Å²) in [5.74, 6) is -7.43. The number of benzene rings is 2. The molecule has 9 nitrogen and oxygen atoms in total. The van der Waals surface area contributed by atoms with Gasteiger partial charge in [0.05, 0.1) is 12.2 Å². The Labute approximate surface area is 180 Å². The van der Waals surface area contributed by atoms with E-state index in [1.54, 1.807) is 0 Å². The Kier molecular flexibility index (Phi) is 9.02. The van der Waals surface area contributed by atoms with Crippen LogP contribution in [0.25, 0.3) is 0 Å². The van der Waals surface area contributed by atoms with E-state index in [4.69, 9.17) is 0 Å². The number of carbonyl (C=O) groups excluding carboxylic acids is 4. The van der Waals surface area contributed by atoms with E-state index in [0.717, 1.165) is 11.6 Å². The van der Waals surface area contributed by atoms with Gasteiger partial charge in [-0.05, 0) is 17.7 Å². The SMILES string of the molecule is O=C(COC(=O)CNC(=O)NCc1ccccc1)NCC(=O)Nc1ccc(F)c(F)c1F. The van der Waals surface area contributed by atoms with E-state index >= 15 is 0 Å². The normalized spacial score (nSPS) is 10.1. The lowest BCUT2D eigenvalue weighted by molar-refractivity contribution is -0.147. The number of nitrogens with one attached hydrogen (secondary N) is 4. The van der Waals surface area contributed by atoms with Crippen LogP contribution < -0.4 is 21.3 Å². The van der Waals surface area contributed by atoms with Gasteiger partial charge in [-0.2, -0.15) is 0 Å². The number of anilines is 1. The molecule has 4 N–H and O–H groups in total. The van der Waals surface area contributed by atoms with Gasteiger partial charge < -0.3 is 26.0 Å². The second kappa shape index (κ2) is 11.9. The molecule has 0 bridgehead atoms. The summed E-state index contributed by atoms with van der Waals surface area (Å²) < 4.78 is 44.1. The van der Waals surface area contributed by atoms with Crippen LogP contribution in [-0.4, -0.2) is 43.5 Å². The zero-order valence-corrected chi connectivity index (χ0v) is 16.5. The largest absolute Gasteiger partial charge is 0.454 e. The van der Waals surface area contributed by atoms with Gasteiger partial charge in [-0.1, -0.05) is 30.3 Å². The quantitative estimate of drug-likeness (QED) is 0.336. The van der Waals surface area contributed by atoms with Crippen molar-refractivity contribution in [2.24, 2.45) is 0 Å². The highest BCUT2D eigenvalue weighted by Crippen LogP contribution is 2.19. The highest BCUT2D eigenvalue weighted by atomic mass is 19.2. The number of amides is 4. The number of ether oxygens (including phenoxy) is 1. The molecule has 4 amide bonds. The predicted molar refractivity (Wildman–Crippen MR) is 106 cm³/mol. The Balaban J connectivity index is 1.61. The first-order valence-corrected chi connectivity index (χ1v) is 9.17. The van der Waals surface area contributed by atoms with Crippen LogP contribution in [0.3, 0.4) is 0 Å². The molecule has 0 aliphatic rings. The molecule has 0 heterocycles. The zero-order chi connectivity index (χ0) is 23.5. The fourth-order valence-corrected chi connectivity index (χ4v) is 2.24. The van der Waals surface area contributed by atoms with Crippen molar-refractivity contribution in [1.29, 1.82) is 0 Å². The maximum atomic E-state index is 13.5. The molecule has 0 saturated heterocycles. The van der Waals surface area contributed by atoms with E-state index in [-0.39, 0.29) is 6.54 Å². The first kappa shape index (κ1) is 24.2. The van der Waals surface area contributed by atoms with Gasteiger partial charge in [-0.25, -0.2) is 18.0 Å². The van der Waals surface area contributed by atoms with Gasteiger partial charge in [0.25, 0.3) is 5.91 Å². The van der Waals surface area contributed by atoms with Gasteiger partial charge in [0.15, 0.2) is 24.1 Å². The molecule has 2 rings (SSSR count). The molecule has 0 radical (unpaired) electrons. The summed E-state index contributed by atoms with van der Waals surface area (Å²) in [6.45, 7) is -1.63. The molecule has 0 aliphatic heterocycles. The van der Waals surface area contributed by atoms with Crippen molar-refractivity contribution in [3.05, 3.63) is 65.5 Å². The van der Waals surface area contributed by atoms with Gasteiger partial charge in [-0.15, -0.1) is 0 Å². The number of carbonyl (C=O) groups is 4. The maximum absolute atomic E-state index is 13.5. The van der Waals surface area contributed by atoms with Crippen molar-refractivity contribution in [2.75, 3.05) is 25.0 Å². The van der Waals surface area contributed by atoms with Gasteiger partial charge in [0.2, 0.25) is 5.91 Å². The van der Waals surface area contributed by atoms with E-state index in [0.29, 0.717) is 6.07 Å². The first-order chi connectivity index (χ1) is 15.3. The van der Waals surface area contributed by atoms with Crippen LogP contribution in [-0.2, 0) is 25.7 Å². The summed E-state index contributed by atoms with van der Waals surface area (Å²) in [6, 6.07) is 9.89. The lowest BCUT2D eigenvalue weighted by atomic mass is 10.2. The Morgan fingerprint density at radius 3 is 2.22 bits per heavy atom. The highest BCUT2D eigenvalue weighted by Gasteiger charge is 2.16. The van der Waals surface area contributed by atoms with Crippen molar-refractivity contribution in [3.63, 3.8) is 0 Å². The molecule has 0 saturated carbocycles. The number of rotatable bonds is 9. The molecule has 2 aromatic carbocycles. The number of halogens is 3. The zero-order valence-electron chi connectivity index (χ0n) is 16.5. The lowest BCUT2D eigenvalue weighted by Crippen LogP contribution is -2.40. The summed E-state index contributed by atoms with van der Waals surface area (Å²) >= 11 is 0. The third kappa shape index (κ3) is 7.97. The van der Waals surface area contributed by atoms with Crippen molar-refractivity contribution in [1.82, 2.24) is 16.0 Å². The Hall–Kier alpha value is -4.09. The molecule has 0 spiro atoms. The van der Waals surface area contributed by atoms with Crippen LogP contribution in [0.5, 0.6) is 0 Å². The van der Waals surface area contributed by atoms with Gasteiger partial charge >= 0.3 is 12.0 Å². The summed E-state index contributed by atoms with van der Waals surface area (Å²) in [7, 11) is 0. The number of hydrogen-bond donors (Lipinski definition) is 4. The van der Waals surface area contributed by atoms with Crippen molar-refractivity contribution in [2.45, 2.75) is 6.54 Å². The molecule has 32 heavy (non-hydrogen) atoms. The third-order valence-electron chi connectivity index (χ3n) is 3.81. The molecule has 170 valence electrons. The molecule has 0 atom stereocenters. The van der Waals surface area contributed by atoms with E-state index in [1.165, 1.54) is 0 Å². The summed E-state index contributed by atoms with van der Waals surface area (Å²) in [5, 5.41) is 8.83. The molecule has 0 aromatic heterocycles. The Morgan fingerprint density at radius 2 is 1.50 bits per heavy atom.